The van der Waals surface area contributed by atoms with Crippen LogP contribution in [-0.4, -0.2) is 26.4 Å². The third-order valence-electron chi connectivity index (χ3n) is 3.52. The average molecular weight is 373 g/mol. The molecule has 0 aliphatic heterocycles. The fourth-order valence-electron chi connectivity index (χ4n) is 2.15. The predicted octanol–water partition coefficient (Wildman–Crippen LogP) is 3.22. The Morgan fingerprint density at radius 1 is 1.12 bits per heavy atom. The van der Waals surface area contributed by atoms with Crippen molar-refractivity contribution >= 4 is 38.6 Å². The highest BCUT2D eigenvalue weighted by Crippen LogP contribution is 2.25. The van der Waals surface area contributed by atoms with Gasteiger partial charge < -0.3 is 5.32 Å². The number of amides is 1. The normalized spacial score (nSPS) is 11.1. The molecule has 0 bridgehead atoms. The molecule has 0 atom stereocenters. The Kier molecular flexibility index (Phi) is 4.82. The van der Waals surface area contributed by atoms with Gasteiger partial charge in [-0.2, -0.15) is 0 Å². The van der Waals surface area contributed by atoms with Crippen molar-refractivity contribution in [2.24, 2.45) is 0 Å². The first-order chi connectivity index (χ1) is 12.0. The van der Waals surface area contributed by atoms with Crippen molar-refractivity contribution in [3.8, 4) is 0 Å². The van der Waals surface area contributed by atoms with Gasteiger partial charge >= 0.3 is 0 Å². The van der Waals surface area contributed by atoms with Crippen LogP contribution >= 0.6 is 11.3 Å². The topological polar surface area (TPSA) is 79.4 Å². The number of sulfonamides is 1. The van der Waals surface area contributed by atoms with Gasteiger partial charge in [0.05, 0.1) is 17.6 Å². The number of benzene rings is 1. The first-order valence-corrected chi connectivity index (χ1v) is 9.64. The second-order valence-corrected chi connectivity index (χ2v) is 8.29. The summed E-state index contributed by atoms with van der Waals surface area (Å²) >= 11 is 1.16. The van der Waals surface area contributed by atoms with E-state index >= 15 is 0 Å². The maximum atomic E-state index is 12.5. The molecule has 0 saturated heterocycles. The molecule has 1 N–H and O–H groups in total. The molecule has 2 aromatic heterocycles. The summed E-state index contributed by atoms with van der Waals surface area (Å²) in [5.74, 6) is -0.289. The molecule has 2 heterocycles. The lowest BCUT2D eigenvalue weighted by atomic mass is 10.2. The fourth-order valence-corrected chi connectivity index (χ4v) is 4.50. The number of aromatic nitrogens is 1. The Hall–Kier alpha value is -2.71. The number of carbonyl (C=O) groups is 1. The van der Waals surface area contributed by atoms with Crippen LogP contribution in [-0.2, 0) is 10.0 Å². The van der Waals surface area contributed by atoms with E-state index < -0.39 is 10.0 Å². The summed E-state index contributed by atoms with van der Waals surface area (Å²) in [5.41, 5.74) is 1.50. The largest absolute Gasteiger partial charge is 0.321 e. The van der Waals surface area contributed by atoms with Crippen LogP contribution in [0.25, 0.3) is 0 Å². The molecular formula is C17H15N3O3S2. The van der Waals surface area contributed by atoms with Crippen LogP contribution in [0.5, 0.6) is 0 Å². The Balaban J connectivity index is 1.77. The standard InChI is InChI=1S/C17H15N3O3S2/c1-20(25(22,23)16-5-3-11-24-16)15-8-6-13(7-9-15)17(21)19-14-4-2-10-18-12-14/h2-12H,1H3,(H,19,21). The zero-order valence-electron chi connectivity index (χ0n) is 13.3. The Labute approximate surface area is 149 Å². The lowest BCUT2D eigenvalue weighted by molar-refractivity contribution is 0.102. The summed E-state index contributed by atoms with van der Waals surface area (Å²) in [7, 11) is -2.10. The third-order valence-corrected chi connectivity index (χ3v) is 6.68. The van der Waals surface area contributed by atoms with Gasteiger partial charge in [0.15, 0.2) is 0 Å². The zero-order chi connectivity index (χ0) is 17.9. The van der Waals surface area contributed by atoms with Crippen molar-refractivity contribution in [3.05, 3.63) is 71.9 Å². The van der Waals surface area contributed by atoms with E-state index in [2.05, 4.69) is 10.3 Å². The minimum absolute atomic E-state index is 0.272. The molecule has 0 fully saturated rings. The number of thiophene rings is 1. The van der Waals surface area contributed by atoms with Gasteiger partial charge in [0, 0.05) is 18.8 Å². The molecule has 0 unspecified atom stereocenters. The second-order valence-electron chi connectivity index (χ2n) is 5.15. The van der Waals surface area contributed by atoms with Crippen LogP contribution in [0.15, 0.2) is 70.5 Å². The molecule has 0 radical (unpaired) electrons. The van der Waals surface area contributed by atoms with Crippen molar-refractivity contribution in [1.82, 2.24) is 4.98 Å². The molecule has 0 spiro atoms. The van der Waals surface area contributed by atoms with Crippen LogP contribution in [0.3, 0.4) is 0 Å². The van der Waals surface area contributed by atoms with Crippen molar-refractivity contribution in [1.29, 1.82) is 0 Å². The molecule has 0 aliphatic rings. The highest BCUT2D eigenvalue weighted by atomic mass is 32.2. The van der Waals surface area contributed by atoms with Gasteiger partial charge in [0.1, 0.15) is 4.21 Å². The molecule has 8 heteroatoms. The Morgan fingerprint density at radius 3 is 2.48 bits per heavy atom. The average Bonchev–Trinajstić information content (AvgIpc) is 3.17. The Bertz CT molecular complexity index is 954. The number of hydrogen-bond donors (Lipinski definition) is 1. The highest BCUT2D eigenvalue weighted by molar-refractivity contribution is 7.94. The molecule has 25 heavy (non-hydrogen) atoms. The lowest BCUT2D eigenvalue weighted by Gasteiger charge is -2.18. The summed E-state index contributed by atoms with van der Waals surface area (Å²) in [6, 6.07) is 13.1. The molecular weight excluding hydrogens is 358 g/mol. The molecule has 3 aromatic rings. The van der Waals surface area contributed by atoms with Crippen LogP contribution in [0.2, 0.25) is 0 Å². The van der Waals surface area contributed by atoms with E-state index in [-0.39, 0.29) is 10.1 Å². The number of carbonyl (C=O) groups excluding carboxylic acids is 1. The van der Waals surface area contributed by atoms with E-state index in [9.17, 15) is 13.2 Å². The van der Waals surface area contributed by atoms with Gasteiger partial charge in [-0.15, -0.1) is 11.3 Å². The number of pyridine rings is 1. The van der Waals surface area contributed by atoms with Crippen LogP contribution in [0, 0.1) is 0 Å². The van der Waals surface area contributed by atoms with Crippen LogP contribution in [0.1, 0.15) is 10.4 Å². The van der Waals surface area contributed by atoms with E-state index in [0.717, 1.165) is 11.3 Å². The summed E-state index contributed by atoms with van der Waals surface area (Å²) in [6.07, 6.45) is 3.17. The van der Waals surface area contributed by atoms with E-state index in [1.165, 1.54) is 11.4 Å². The van der Waals surface area contributed by atoms with Gasteiger partial charge in [0.2, 0.25) is 0 Å². The highest BCUT2D eigenvalue weighted by Gasteiger charge is 2.22. The van der Waals surface area contributed by atoms with E-state index in [1.807, 2.05) is 0 Å². The monoisotopic (exact) mass is 373 g/mol. The molecule has 0 aliphatic carbocycles. The second kappa shape index (κ2) is 7.04. The number of hydrogen-bond acceptors (Lipinski definition) is 5. The smallest absolute Gasteiger partial charge is 0.273 e. The van der Waals surface area contributed by atoms with Gasteiger partial charge in [-0.1, -0.05) is 6.07 Å². The fraction of sp³-hybridized carbons (Fsp3) is 0.0588. The number of rotatable bonds is 5. The zero-order valence-corrected chi connectivity index (χ0v) is 14.9. The SMILES string of the molecule is CN(c1ccc(C(=O)Nc2cccnc2)cc1)S(=O)(=O)c1cccs1. The summed E-state index contributed by atoms with van der Waals surface area (Å²) in [5, 5.41) is 4.44. The summed E-state index contributed by atoms with van der Waals surface area (Å²) < 4.78 is 26.5. The van der Waals surface area contributed by atoms with E-state index in [4.69, 9.17) is 0 Å². The molecule has 1 amide bonds. The van der Waals surface area contributed by atoms with Crippen molar-refractivity contribution in [3.63, 3.8) is 0 Å². The maximum Gasteiger partial charge on any atom is 0.273 e. The van der Waals surface area contributed by atoms with Crippen molar-refractivity contribution < 1.29 is 13.2 Å². The molecule has 6 nitrogen and oxygen atoms in total. The van der Waals surface area contributed by atoms with E-state index in [1.54, 1.807) is 66.3 Å². The predicted molar refractivity (Wildman–Crippen MR) is 98.5 cm³/mol. The van der Waals surface area contributed by atoms with Crippen LogP contribution < -0.4 is 9.62 Å². The number of nitrogens with zero attached hydrogens (tertiary/aromatic N) is 2. The quantitative estimate of drug-likeness (QED) is 0.745. The van der Waals surface area contributed by atoms with Gasteiger partial charge in [-0.25, -0.2) is 8.42 Å². The Morgan fingerprint density at radius 2 is 1.88 bits per heavy atom. The first kappa shape index (κ1) is 17.1. The first-order valence-electron chi connectivity index (χ1n) is 7.32. The summed E-state index contributed by atoms with van der Waals surface area (Å²) in [6.45, 7) is 0. The van der Waals surface area contributed by atoms with Gasteiger partial charge in [-0.05, 0) is 47.8 Å². The van der Waals surface area contributed by atoms with Gasteiger partial charge in [0.25, 0.3) is 15.9 Å². The van der Waals surface area contributed by atoms with Crippen LogP contribution in [0.4, 0.5) is 11.4 Å². The molecule has 3 rings (SSSR count). The minimum atomic E-state index is -3.59. The third kappa shape index (κ3) is 3.70. The van der Waals surface area contributed by atoms with Gasteiger partial charge in [-0.3, -0.25) is 14.1 Å². The van der Waals surface area contributed by atoms with Crippen molar-refractivity contribution in [2.75, 3.05) is 16.7 Å². The maximum absolute atomic E-state index is 12.5. The van der Waals surface area contributed by atoms with Crippen molar-refractivity contribution in [2.45, 2.75) is 4.21 Å². The minimum Gasteiger partial charge on any atom is -0.321 e. The summed E-state index contributed by atoms with van der Waals surface area (Å²) in [4.78, 5) is 16.1. The molecule has 1 aromatic carbocycles. The lowest BCUT2D eigenvalue weighted by Crippen LogP contribution is -2.25. The molecule has 0 saturated carbocycles. The van der Waals surface area contributed by atoms with E-state index in [0.29, 0.717) is 16.9 Å². The molecule has 128 valence electrons. The number of nitrogens with one attached hydrogen (secondary N) is 1. The number of anilines is 2.